The molecule has 2 aromatic carbocycles. The first-order valence-corrected chi connectivity index (χ1v) is 21.4. The summed E-state index contributed by atoms with van der Waals surface area (Å²) in [4.78, 5) is 66.9. The average molecular weight is 813 g/mol. The topological polar surface area (TPSA) is 171 Å². The molecule has 1 saturated carbocycles. The van der Waals surface area contributed by atoms with E-state index in [-0.39, 0.29) is 18.2 Å². The van der Waals surface area contributed by atoms with Gasteiger partial charge in [0.2, 0.25) is 11.8 Å². The van der Waals surface area contributed by atoms with Crippen LogP contribution < -0.4 is 16.4 Å². The number of hydrogen-bond donors (Lipinski definition) is 3. The number of piperidine rings is 3. The van der Waals surface area contributed by atoms with Crippen LogP contribution in [-0.2, 0) is 16.1 Å². The molecule has 0 radical (unpaired) electrons. The maximum absolute atomic E-state index is 12.3. The molecule has 1 atom stereocenters. The third kappa shape index (κ3) is 8.90. The van der Waals surface area contributed by atoms with Crippen molar-refractivity contribution in [3.63, 3.8) is 0 Å². The van der Waals surface area contributed by atoms with Crippen LogP contribution in [0.15, 0.2) is 77.9 Å². The number of fused-ring (bicyclic) bond motifs is 2. The van der Waals surface area contributed by atoms with Crippen LogP contribution in [0.25, 0.3) is 16.9 Å². The van der Waals surface area contributed by atoms with Crippen LogP contribution in [0.5, 0.6) is 0 Å². The lowest BCUT2D eigenvalue weighted by Crippen LogP contribution is -2.52. The molecular formula is C46H56N10O4. The third-order valence-electron chi connectivity index (χ3n) is 13.4. The van der Waals surface area contributed by atoms with Crippen LogP contribution >= 0.6 is 0 Å². The minimum absolute atomic E-state index is 0.230. The Morgan fingerprint density at radius 1 is 0.967 bits per heavy atom. The average Bonchev–Trinajstić information content (AvgIpc) is 3.89. The zero-order valence-corrected chi connectivity index (χ0v) is 34.7. The summed E-state index contributed by atoms with van der Waals surface area (Å²) in [6, 6.07) is 13.7. The van der Waals surface area contributed by atoms with Gasteiger partial charge < -0.3 is 25.8 Å². The van der Waals surface area contributed by atoms with E-state index in [1.54, 1.807) is 30.6 Å². The molecule has 9 rings (SSSR count). The molecule has 4 aliphatic heterocycles. The molecule has 3 amide bonds. The number of imide groups is 1. The van der Waals surface area contributed by atoms with Crippen LogP contribution in [0.2, 0.25) is 0 Å². The van der Waals surface area contributed by atoms with E-state index in [2.05, 4.69) is 68.1 Å². The highest BCUT2D eigenvalue weighted by atomic mass is 16.2. The summed E-state index contributed by atoms with van der Waals surface area (Å²) >= 11 is 0. The van der Waals surface area contributed by atoms with Crippen molar-refractivity contribution in [3.05, 3.63) is 95.2 Å². The second-order valence-electron chi connectivity index (χ2n) is 17.2. The zero-order chi connectivity index (χ0) is 41.8. The number of nitrogens with zero attached hydrogens (tertiary/aromatic N) is 7. The van der Waals surface area contributed by atoms with E-state index >= 15 is 0 Å². The Morgan fingerprint density at radius 3 is 2.47 bits per heavy atom. The van der Waals surface area contributed by atoms with E-state index in [0.717, 1.165) is 66.4 Å². The second kappa shape index (κ2) is 17.9. The number of aldehydes is 1. The SMILES string of the molecule is Cc1cccc(-c2cnc(N/C(C=NC3CCN(C4CCC5(CC4)CCN(C)CC5)CC3)=C/N)c3nccn23)c1.O=Cc1ccc2c(c1)CN(C1CCC(=O)NC1=O)C2=O. The van der Waals surface area contributed by atoms with Crippen LogP contribution in [0, 0.1) is 12.3 Å². The number of nitrogens with one attached hydrogen (secondary N) is 2. The number of carbonyl (C=O) groups is 4. The summed E-state index contributed by atoms with van der Waals surface area (Å²) in [6.07, 6.45) is 21.0. The molecule has 60 heavy (non-hydrogen) atoms. The van der Waals surface area contributed by atoms with Crippen molar-refractivity contribution in [1.29, 1.82) is 0 Å². The summed E-state index contributed by atoms with van der Waals surface area (Å²) in [5.74, 6) is -0.303. The Morgan fingerprint density at radius 2 is 1.75 bits per heavy atom. The second-order valence-corrected chi connectivity index (χ2v) is 17.2. The first-order chi connectivity index (χ1) is 29.1. The van der Waals surface area contributed by atoms with E-state index in [4.69, 9.17) is 15.7 Å². The van der Waals surface area contributed by atoms with Gasteiger partial charge in [-0.05, 0) is 114 Å². The largest absolute Gasteiger partial charge is 0.403 e. The van der Waals surface area contributed by atoms with Gasteiger partial charge in [0.1, 0.15) is 12.3 Å². The van der Waals surface area contributed by atoms with E-state index in [0.29, 0.717) is 41.4 Å². The number of likely N-dealkylation sites (tertiary alicyclic amines) is 2. The highest BCUT2D eigenvalue weighted by Crippen LogP contribution is 2.45. The predicted molar refractivity (Wildman–Crippen MR) is 231 cm³/mol. The Labute approximate surface area is 351 Å². The summed E-state index contributed by atoms with van der Waals surface area (Å²) in [7, 11) is 2.27. The quantitative estimate of drug-likeness (QED) is 0.120. The van der Waals surface area contributed by atoms with Crippen molar-refractivity contribution in [2.75, 3.05) is 38.5 Å². The predicted octanol–water partition coefficient (Wildman–Crippen LogP) is 5.37. The van der Waals surface area contributed by atoms with Gasteiger partial charge in [-0.25, -0.2) is 9.97 Å². The van der Waals surface area contributed by atoms with Gasteiger partial charge in [0, 0.05) is 73.6 Å². The van der Waals surface area contributed by atoms with E-state index in [1.165, 1.54) is 62.1 Å². The van der Waals surface area contributed by atoms with Gasteiger partial charge in [0.15, 0.2) is 11.5 Å². The lowest BCUT2D eigenvalue weighted by Gasteiger charge is -2.48. The Balaban J connectivity index is 0.000000208. The van der Waals surface area contributed by atoms with Gasteiger partial charge in [0.25, 0.3) is 5.91 Å². The fraction of sp³-hybridized carbons (Fsp3) is 0.457. The number of hydrogen-bond acceptors (Lipinski definition) is 11. The number of benzene rings is 2. The summed E-state index contributed by atoms with van der Waals surface area (Å²) < 4.78 is 2.06. The number of aryl methyl sites for hydroxylation is 1. The summed E-state index contributed by atoms with van der Waals surface area (Å²) in [5.41, 5.74) is 13.2. The van der Waals surface area contributed by atoms with Gasteiger partial charge in [-0.15, -0.1) is 0 Å². The summed E-state index contributed by atoms with van der Waals surface area (Å²) in [6.45, 7) is 7.25. The number of rotatable bonds is 8. The molecule has 0 bridgehead atoms. The van der Waals surface area contributed by atoms with E-state index < -0.39 is 11.9 Å². The summed E-state index contributed by atoms with van der Waals surface area (Å²) in [5, 5.41) is 5.61. The molecule has 1 spiro atoms. The standard InChI is InChI=1S/C32H44N8.C14H12N2O4/c1-24-4-3-5-25(20-24)29-23-36-30(31-34-14-19-40(29)31)37-27(21-33)22-35-26-8-15-39(16-9-26)28-6-10-32(11-7-28)12-17-38(2)18-13-32;17-7-8-1-2-10-9(5-8)6-16(14(10)20)11-3-4-12(18)15-13(11)19/h3-5,14,19-23,26,28H,6-13,15-18,33H2,1-2H3,(H,36,37);1-2,5,7,11H,3-4,6H2,(H,15,18,19)/b27-21+,35-22?;. The van der Waals surface area contributed by atoms with Crippen LogP contribution in [0.4, 0.5) is 5.82 Å². The molecule has 4 N–H and O–H groups in total. The smallest absolute Gasteiger partial charge is 0.255 e. The first kappa shape index (κ1) is 41.0. The maximum Gasteiger partial charge on any atom is 0.255 e. The minimum atomic E-state index is -0.618. The number of amides is 3. The van der Waals surface area contributed by atoms with Crippen molar-refractivity contribution >= 4 is 41.7 Å². The number of aliphatic imine (C=N–C) groups is 1. The number of nitrogens with two attached hydrogens (primary N) is 1. The molecule has 6 heterocycles. The molecule has 14 heteroatoms. The van der Waals surface area contributed by atoms with Gasteiger partial charge in [-0.2, -0.15) is 0 Å². The number of carbonyl (C=O) groups excluding carboxylic acids is 4. The van der Waals surface area contributed by atoms with Gasteiger partial charge in [-0.1, -0.05) is 29.8 Å². The van der Waals surface area contributed by atoms with Crippen molar-refractivity contribution in [2.45, 2.75) is 95.8 Å². The molecule has 4 fully saturated rings. The Bertz CT molecular complexity index is 2290. The van der Waals surface area contributed by atoms with Crippen LogP contribution in [0.1, 0.15) is 96.1 Å². The fourth-order valence-corrected chi connectivity index (χ4v) is 9.70. The fourth-order valence-electron chi connectivity index (χ4n) is 9.70. The third-order valence-corrected chi connectivity index (χ3v) is 13.4. The molecule has 14 nitrogen and oxygen atoms in total. The molecular weight excluding hydrogens is 757 g/mol. The van der Waals surface area contributed by atoms with Crippen molar-refractivity contribution in [2.24, 2.45) is 16.1 Å². The first-order valence-electron chi connectivity index (χ1n) is 21.4. The molecule has 1 aliphatic carbocycles. The molecule has 1 unspecified atom stereocenters. The lowest BCUT2D eigenvalue weighted by molar-refractivity contribution is -0.136. The Kier molecular flexibility index (Phi) is 12.2. The number of anilines is 1. The molecule has 5 aliphatic rings. The van der Waals surface area contributed by atoms with Gasteiger partial charge in [0.05, 0.1) is 23.6 Å². The van der Waals surface area contributed by atoms with Gasteiger partial charge in [-0.3, -0.25) is 33.9 Å². The molecule has 4 aromatic rings. The van der Waals surface area contributed by atoms with Crippen LogP contribution in [-0.4, -0.2) is 111 Å². The van der Waals surface area contributed by atoms with E-state index in [1.807, 2.05) is 18.6 Å². The number of allylic oxidation sites excluding steroid dienone is 1. The van der Waals surface area contributed by atoms with Crippen molar-refractivity contribution < 1.29 is 19.2 Å². The highest BCUT2D eigenvalue weighted by molar-refractivity contribution is 6.05. The number of aromatic nitrogens is 3. The maximum atomic E-state index is 12.3. The van der Waals surface area contributed by atoms with Gasteiger partial charge >= 0.3 is 0 Å². The normalized spacial score (nSPS) is 21.9. The number of imidazole rings is 1. The molecule has 314 valence electrons. The van der Waals surface area contributed by atoms with Crippen LogP contribution in [0.3, 0.4) is 0 Å². The van der Waals surface area contributed by atoms with Crippen molar-refractivity contribution in [3.8, 4) is 11.3 Å². The lowest BCUT2D eigenvalue weighted by atomic mass is 9.66. The highest BCUT2D eigenvalue weighted by Gasteiger charge is 2.40. The monoisotopic (exact) mass is 812 g/mol. The van der Waals surface area contributed by atoms with E-state index in [9.17, 15) is 19.2 Å². The minimum Gasteiger partial charge on any atom is -0.403 e. The van der Waals surface area contributed by atoms with Crippen molar-refractivity contribution in [1.82, 2.24) is 34.4 Å². The molecule has 2 aromatic heterocycles. The Hall–Kier alpha value is -5.73. The molecule has 3 saturated heterocycles. The zero-order valence-electron chi connectivity index (χ0n) is 34.7.